The van der Waals surface area contributed by atoms with Crippen LogP contribution in [0.3, 0.4) is 0 Å². The number of halogens is 1. The molecule has 5 heteroatoms. The Morgan fingerprint density at radius 3 is 2.75 bits per heavy atom. The molecule has 0 aliphatic rings. The summed E-state index contributed by atoms with van der Waals surface area (Å²) in [6.07, 6.45) is 1.59. The number of pyridine rings is 1. The number of fused-ring (bicyclic) bond motifs is 3. The Kier molecular flexibility index (Phi) is 3.46. The Morgan fingerprint density at radius 1 is 1.08 bits per heavy atom. The molecule has 0 radical (unpaired) electrons. The standard InChI is InChI=1S/C19H14FN3O/c20-13-6-7-14-15-8-9-21-18(17(15)23-16(14)10-13)19(24)22-11-12-4-2-1-3-5-12/h1-10,23H,11H2,(H,22,24). The molecule has 0 fully saturated rings. The molecule has 0 aliphatic carbocycles. The smallest absolute Gasteiger partial charge is 0.272 e. The van der Waals surface area contributed by atoms with Crippen LogP contribution in [-0.4, -0.2) is 15.9 Å². The predicted octanol–water partition coefficient (Wildman–Crippen LogP) is 3.79. The van der Waals surface area contributed by atoms with Crippen molar-refractivity contribution >= 4 is 27.7 Å². The fraction of sp³-hybridized carbons (Fsp3) is 0.0526. The third-order valence-corrected chi connectivity index (χ3v) is 3.99. The zero-order valence-electron chi connectivity index (χ0n) is 12.7. The van der Waals surface area contributed by atoms with Crippen LogP contribution in [0.25, 0.3) is 21.8 Å². The van der Waals surface area contributed by atoms with Crippen LogP contribution in [0.2, 0.25) is 0 Å². The maximum Gasteiger partial charge on any atom is 0.272 e. The van der Waals surface area contributed by atoms with Gasteiger partial charge >= 0.3 is 0 Å². The highest BCUT2D eigenvalue weighted by atomic mass is 19.1. The molecule has 1 amide bonds. The Labute approximate surface area is 137 Å². The first-order valence-corrected chi connectivity index (χ1v) is 7.60. The van der Waals surface area contributed by atoms with Crippen LogP contribution in [0.1, 0.15) is 16.1 Å². The van der Waals surface area contributed by atoms with E-state index in [9.17, 15) is 9.18 Å². The lowest BCUT2D eigenvalue weighted by Crippen LogP contribution is -2.24. The first kappa shape index (κ1) is 14.4. The minimum Gasteiger partial charge on any atom is -0.352 e. The van der Waals surface area contributed by atoms with Gasteiger partial charge in [0.05, 0.1) is 5.52 Å². The number of amides is 1. The fourth-order valence-corrected chi connectivity index (χ4v) is 2.84. The van der Waals surface area contributed by atoms with Crippen LogP contribution in [0.5, 0.6) is 0 Å². The number of rotatable bonds is 3. The van der Waals surface area contributed by atoms with Crippen molar-refractivity contribution in [1.29, 1.82) is 0 Å². The maximum atomic E-state index is 13.4. The molecule has 2 aromatic carbocycles. The summed E-state index contributed by atoms with van der Waals surface area (Å²) in [6.45, 7) is 0.423. The molecule has 4 nitrogen and oxygen atoms in total. The number of benzene rings is 2. The maximum absolute atomic E-state index is 13.4. The summed E-state index contributed by atoms with van der Waals surface area (Å²) in [4.78, 5) is 19.8. The zero-order valence-corrected chi connectivity index (χ0v) is 12.7. The van der Waals surface area contributed by atoms with E-state index in [1.165, 1.54) is 12.1 Å². The Balaban J connectivity index is 1.71. The Hall–Kier alpha value is -3.21. The number of hydrogen-bond acceptors (Lipinski definition) is 2. The van der Waals surface area contributed by atoms with Crippen molar-refractivity contribution in [3.8, 4) is 0 Å². The SMILES string of the molecule is O=C(NCc1ccccc1)c1nccc2c1[nH]c1cc(F)ccc12. The van der Waals surface area contributed by atoms with Gasteiger partial charge in [-0.2, -0.15) is 0 Å². The summed E-state index contributed by atoms with van der Waals surface area (Å²) in [7, 11) is 0. The van der Waals surface area contributed by atoms with Gasteiger partial charge in [-0.15, -0.1) is 0 Å². The summed E-state index contributed by atoms with van der Waals surface area (Å²) < 4.78 is 13.4. The molecule has 0 bridgehead atoms. The van der Waals surface area contributed by atoms with E-state index in [4.69, 9.17) is 0 Å². The third-order valence-electron chi connectivity index (χ3n) is 3.99. The van der Waals surface area contributed by atoms with Gasteiger partial charge in [0.2, 0.25) is 0 Å². The molecule has 2 N–H and O–H groups in total. The number of aromatic amines is 1. The molecule has 118 valence electrons. The van der Waals surface area contributed by atoms with Crippen molar-refractivity contribution in [2.45, 2.75) is 6.54 Å². The van der Waals surface area contributed by atoms with Crippen LogP contribution in [0, 0.1) is 5.82 Å². The summed E-state index contributed by atoms with van der Waals surface area (Å²) in [6, 6.07) is 16.0. The molecule has 0 atom stereocenters. The molecule has 4 aromatic rings. The second-order valence-electron chi connectivity index (χ2n) is 5.57. The van der Waals surface area contributed by atoms with Gasteiger partial charge in [-0.05, 0) is 29.8 Å². The molecule has 0 saturated carbocycles. The summed E-state index contributed by atoms with van der Waals surface area (Å²) in [5.41, 5.74) is 2.58. The van der Waals surface area contributed by atoms with E-state index >= 15 is 0 Å². The number of carbonyl (C=O) groups excluding carboxylic acids is 1. The topological polar surface area (TPSA) is 57.8 Å². The minimum absolute atomic E-state index is 0.267. The third kappa shape index (κ3) is 2.50. The number of hydrogen-bond donors (Lipinski definition) is 2. The number of aromatic nitrogens is 2. The van der Waals surface area contributed by atoms with Crippen LogP contribution < -0.4 is 5.32 Å². The lowest BCUT2D eigenvalue weighted by molar-refractivity contribution is 0.0947. The van der Waals surface area contributed by atoms with Crippen molar-refractivity contribution < 1.29 is 9.18 Å². The predicted molar refractivity (Wildman–Crippen MR) is 91.2 cm³/mol. The van der Waals surface area contributed by atoms with Gasteiger partial charge in [-0.1, -0.05) is 30.3 Å². The number of H-pyrrole nitrogens is 1. The van der Waals surface area contributed by atoms with Gasteiger partial charge in [0.1, 0.15) is 5.82 Å². The van der Waals surface area contributed by atoms with Gasteiger partial charge in [-0.3, -0.25) is 4.79 Å². The van der Waals surface area contributed by atoms with E-state index in [1.807, 2.05) is 36.4 Å². The lowest BCUT2D eigenvalue weighted by atomic mass is 10.1. The average Bonchev–Trinajstić information content (AvgIpc) is 2.98. The number of nitrogens with one attached hydrogen (secondary N) is 2. The summed E-state index contributed by atoms with van der Waals surface area (Å²) >= 11 is 0. The number of nitrogens with zero attached hydrogens (tertiary/aromatic N) is 1. The van der Waals surface area contributed by atoms with E-state index < -0.39 is 0 Å². The Bertz CT molecular complexity index is 1040. The molecule has 24 heavy (non-hydrogen) atoms. The molecule has 0 unspecified atom stereocenters. The van der Waals surface area contributed by atoms with Crippen molar-refractivity contribution in [2.24, 2.45) is 0 Å². The Morgan fingerprint density at radius 2 is 1.92 bits per heavy atom. The van der Waals surface area contributed by atoms with Gasteiger partial charge in [0.15, 0.2) is 5.69 Å². The van der Waals surface area contributed by atoms with Gasteiger partial charge < -0.3 is 10.3 Å². The van der Waals surface area contributed by atoms with Crippen molar-refractivity contribution in [3.05, 3.63) is 77.9 Å². The highest BCUT2D eigenvalue weighted by Gasteiger charge is 2.15. The van der Waals surface area contributed by atoms with E-state index in [2.05, 4.69) is 15.3 Å². The van der Waals surface area contributed by atoms with Crippen LogP contribution >= 0.6 is 0 Å². The van der Waals surface area contributed by atoms with E-state index in [1.54, 1.807) is 12.3 Å². The van der Waals surface area contributed by atoms with Gasteiger partial charge in [0.25, 0.3) is 5.91 Å². The van der Waals surface area contributed by atoms with E-state index in [0.717, 1.165) is 16.3 Å². The molecule has 2 aromatic heterocycles. The highest BCUT2D eigenvalue weighted by Crippen LogP contribution is 2.27. The van der Waals surface area contributed by atoms with E-state index in [0.29, 0.717) is 23.3 Å². The molecule has 0 spiro atoms. The largest absolute Gasteiger partial charge is 0.352 e. The second kappa shape index (κ2) is 5.77. The monoisotopic (exact) mass is 319 g/mol. The lowest BCUT2D eigenvalue weighted by Gasteiger charge is -2.05. The van der Waals surface area contributed by atoms with E-state index in [-0.39, 0.29) is 11.7 Å². The fourth-order valence-electron chi connectivity index (χ4n) is 2.84. The van der Waals surface area contributed by atoms with Gasteiger partial charge in [0, 0.05) is 29.0 Å². The first-order chi connectivity index (χ1) is 11.7. The first-order valence-electron chi connectivity index (χ1n) is 7.60. The number of carbonyl (C=O) groups is 1. The van der Waals surface area contributed by atoms with Crippen LogP contribution in [0.4, 0.5) is 4.39 Å². The van der Waals surface area contributed by atoms with Crippen LogP contribution in [0.15, 0.2) is 60.8 Å². The molecular weight excluding hydrogens is 305 g/mol. The highest BCUT2D eigenvalue weighted by molar-refractivity contribution is 6.13. The average molecular weight is 319 g/mol. The normalized spacial score (nSPS) is 11.0. The quantitative estimate of drug-likeness (QED) is 0.604. The van der Waals surface area contributed by atoms with Crippen molar-refractivity contribution in [1.82, 2.24) is 15.3 Å². The second-order valence-corrected chi connectivity index (χ2v) is 5.57. The molecule has 0 aliphatic heterocycles. The molecule has 0 saturated heterocycles. The molecular formula is C19H14FN3O. The van der Waals surface area contributed by atoms with Gasteiger partial charge in [-0.25, -0.2) is 9.37 Å². The molecule has 4 rings (SSSR count). The van der Waals surface area contributed by atoms with Crippen molar-refractivity contribution in [2.75, 3.05) is 0 Å². The zero-order chi connectivity index (χ0) is 16.5. The molecule has 2 heterocycles. The summed E-state index contributed by atoms with van der Waals surface area (Å²) in [5.74, 6) is -0.589. The van der Waals surface area contributed by atoms with Crippen molar-refractivity contribution in [3.63, 3.8) is 0 Å². The van der Waals surface area contributed by atoms with Crippen LogP contribution in [-0.2, 0) is 6.54 Å². The summed E-state index contributed by atoms with van der Waals surface area (Å²) in [5, 5.41) is 4.59. The minimum atomic E-state index is -0.322.